The number of carbonyl (C=O) groups excluding carboxylic acids is 1. The smallest absolute Gasteiger partial charge is 0.269 e. The van der Waals surface area contributed by atoms with E-state index >= 15 is 0 Å². The average molecular weight is 358 g/mol. The van der Waals surface area contributed by atoms with E-state index in [1.807, 2.05) is 44.4 Å². The number of nitro groups is 1. The minimum atomic E-state index is -0.483. The molecule has 130 valence electrons. The van der Waals surface area contributed by atoms with Crippen molar-refractivity contribution < 1.29 is 14.5 Å². The van der Waals surface area contributed by atoms with Crippen LogP contribution in [0, 0.1) is 10.1 Å². The second-order valence-corrected chi connectivity index (χ2v) is 6.45. The van der Waals surface area contributed by atoms with Crippen molar-refractivity contribution in [2.45, 2.75) is 4.90 Å². The average Bonchev–Trinajstić information content (AvgIpc) is 2.60. The molecule has 0 heterocycles. The molecule has 0 bridgehead atoms. The van der Waals surface area contributed by atoms with Gasteiger partial charge in [-0.25, -0.2) is 0 Å². The summed E-state index contributed by atoms with van der Waals surface area (Å²) in [4.78, 5) is 26.0. The zero-order valence-corrected chi connectivity index (χ0v) is 14.7. The summed E-state index contributed by atoms with van der Waals surface area (Å²) in [5.74, 6) is 0.244. The second-order valence-electron chi connectivity index (χ2n) is 5.33. The molecule has 0 saturated carbocycles. The number of non-ortho nitro benzene ring substituents is 1. The zero-order valence-electron chi connectivity index (χ0n) is 13.9. The lowest BCUT2D eigenvalue weighted by atomic mass is 10.3. The molecule has 2 rings (SSSR count). The third kappa shape index (κ3) is 5.96. The molecule has 6 nitrogen and oxygen atoms in total. The van der Waals surface area contributed by atoms with Gasteiger partial charge in [0.05, 0.1) is 9.83 Å². The molecule has 0 aliphatic carbocycles. The third-order valence-electron chi connectivity index (χ3n) is 3.04. The molecule has 0 atom stereocenters. The van der Waals surface area contributed by atoms with E-state index in [-0.39, 0.29) is 18.1 Å². The maximum absolute atomic E-state index is 12.5. The summed E-state index contributed by atoms with van der Waals surface area (Å²) in [7, 11) is 3.69. The summed E-state index contributed by atoms with van der Waals surface area (Å²) in [6, 6.07) is 15.2. The van der Waals surface area contributed by atoms with Gasteiger partial charge in [-0.3, -0.25) is 14.9 Å². The van der Waals surface area contributed by atoms with Gasteiger partial charge in [-0.15, -0.1) is 0 Å². The molecular formula is C18H18N2O4S. The molecule has 0 aliphatic rings. The predicted molar refractivity (Wildman–Crippen MR) is 97.7 cm³/mol. The van der Waals surface area contributed by atoms with Crippen molar-refractivity contribution in [3.63, 3.8) is 0 Å². The Morgan fingerprint density at radius 3 is 2.36 bits per heavy atom. The third-order valence-corrected chi connectivity index (χ3v) is 4.10. The van der Waals surface area contributed by atoms with Crippen molar-refractivity contribution in [3.05, 3.63) is 75.8 Å². The van der Waals surface area contributed by atoms with Crippen LogP contribution < -0.4 is 4.74 Å². The minimum Gasteiger partial charge on any atom is -0.485 e. The SMILES string of the molecule is CN(C)/C=C(\Sc1ccccc1)C(=O)COc1ccc([N+](=O)[O-])cc1. The summed E-state index contributed by atoms with van der Waals surface area (Å²) in [5.41, 5.74) is -0.0218. The maximum atomic E-state index is 12.5. The number of ether oxygens (including phenoxy) is 1. The number of nitro benzene ring substituents is 1. The van der Waals surface area contributed by atoms with Crippen LogP contribution in [0.3, 0.4) is 0 Å². The lowest BCUT2D eigenvalue weighted by Crippen LogP contribution is -2.15. The van der Waals surface area contributed by atoms with Crippen LogP contribution in [-0.2, 0) is 4.79 Å². The fourth-order valence-electron chi connectivity index (χ4n) is 1.89. The van der Waals surface area contributed by atoms with Crippen LogP contribution in [0.25, 0.3) is 0 Å². The van der Waals surface area contributed by atoms with Gasteiger partial charge in [0.1, 0.15) is 5.75 Å². The Hall–Kier alpha value is -2.80. The number of ketones is 1. The normalized spacial score (nSPS) is 11.0. The Morgan fingerprint density at radius 1 is 1.16 bits per heavy atom. The highest BCUT2D eigenvalue weighted by Gasteiger charge is 2.13. The predicted octanol–water partition coefficient (Wildman–Crippen LogP) is 3.74. The number of rotatable bonds is 8. The first-order valence-corrected chi connectivity index (χ1v) is 8.29. The number of benzene rings is 2. The number of hydrogen-bond acceptors (Lipinski definition) is 6. The van der Waals surface area contributed by atoms with E-state index in [2.05, 4.69) is 0 Å². The lowest BCUT2D eigenvalue weighted by molar-refractivity contribution is -0.384. The fraction of sp³-hybridized carbons (Fsp3) is 0.167. The van der Waals surface area contributed by atoms with E-state index in [4.69, 9.17) is 4.74 Å². The monoisotopic (exact) mass is 358 g/mol. The van der Waals surface area contributed by atoms with Crippen LogP contribution in [0.4, 0.5) is 5.69 Å². The van der Waals surface area contributed by atoms with E-state index in [1.54, 1.807) is 11.1 Å². The highest BCUT2D eigenvalue weighted by molar-refractivity contribution is 8.04. The molecule has 0 aromatic heterocycles. The number of thioether (sulfide) groups is 1. The van der Waals surface area contributed by atoms with Crippen molar-refractivity contribution in [2.75, 3.05) is 20.7 Å². The van der Waals surface area contributed by atoms with E-state index in [0.717, 1.165) is 4.90 Å². The van der Waals surface area contributed by atoms with Crippen molar-refractivity contribution in [1.29, 1.82) is 0 Å². The van der Waals surface area contributed by atoms with Crippen LogP contribution >= 0.6 is 11.8 Å². The summed E-state index contributed by atoms with van der Waals surface area (Å²) in [6.45, 7) is -0.142. The molecule has 0 aliphatic heterocycles. The topological polar surface area (TPSA) is 72.7 Å². The molecule has 0 radical (unpaired) electrons. The largest absolute Gasteiger partial charge is 0.485 e. The zero-order chi connectivity index (χ0) is 18.2. The van der Waals surface area contributed by atoms with Crippen molar-refractivity contribution in [3.8, 4) is 5.75 Å². The van der Waals surface area contributed by atoms with Crippen LogP contribution in [0.2, 0.25) is 0 Å². The summed E-state index contributed by atoms with van der Waals surface area (Å²) >= 11 is 1.37. The van der Waals surface area contributed by atoms with Gasteiger partial charge in [0, 0.05) is 37.3 Å². The van der Waals surface area contributed by atoms with Gasteiger partial charge in [-0.1, -0.05) is 30.0 Å². The fourth-order valence-corrected chi connectivity index (χ4v) is 2.87. The molecule has 0 unspecified atom stereocenters. The van der Waals surface area contributed by atoms with Gasteiger partial charge in [-0.2, -0.15) is 0 Å². The molecule has 2 aromatic rings. The van der Waals surface area contributed by atoms with Gasteiger partial charge in [-0.05, 0) is 24.3 Å². The highest BCUT2D eigenvalue weighted by Crippen LogP contribution is 2.27. The Balaban J connectivity index is 2.03. The molecule has 0 saturated heterocycles. The minimum absolute atomic E-state index is 0.0218. The van der Waals surface area contributed by atoms with Crippen molar-refractivity contribution in [2.24, 2.45) is 0 Å². The van der Waals surface area contributed by atoms with Gasteiger partial charge in [0.25, 0.3) is 5.69 Å². The van der Waals surface area contributed by atoms with Crippen molar-refractivity contribution in [1.82, 2.24) is 4.90 Å². The Kier molecular flexibility index (Phi) is 6.59. The molecule has 0 fully saturated rings. The molecular weight excluding hydrogens is 340 g/mol. The Morgan fingerprint density at radius 2 is 1.80 bits per heavy atom. The van der Waals surface area contributed by atoms with E-state index in [1.165, 1.54) is 36.0 Å². The van der Waals surface area contributed by atoms with Gasteiger partial charge >= 0.3 is 0 Å². The highest BCUT2D eigenvalue weighted by atomic mass is 32.2. The summed E-state index contributed by atoms with van der Waals surface area (Å²) < 4.78 is 5.46. The molecule has 0 spiro atoms. The molecule has 0 N–H and O–H groups in total. The van der Waals surface area contributed by atoms with Gasteiger partial charge in [0.15, 0.2) is 6.61 Å². The first-order chi connectivity index (χ1) is 12.0. The Bertz CT molecular complexity index is 758. The van der Waals surface area contributed by atoms with Crippen LogP contribution in [-0.4, -0.2) is 36.3 Å². The molecule has 7 heteroatoms. The lowest BCUT2D eigenvalue weighted by Gasteiger charge is -2.12. The first-order valence-electron chi connectivity index (χ1n) is 7.47. The van der Waals surface area contributed by atoms with Crippen molar-refractivity contribution >= 4 is 23.2 Å². The molecule has 2 aromatic carbocycles. The summed E-state index contributed by atoms with van der Waals surface area (Å²) in [5, 5.41) is 10.6. The maximum Gasteiger partial charge on any atom is 0.269 e. The summed E-state index contributed by atoms with van der Waals surface area (Å²) in [6.07, 6.45) is 1.75. The first kappa shape index (κ1) is 18.5. The van der Waals surface area contributed by atoms with E-state index in [0.29, 0.717) is 10.7 Å². The van der Waals surface area contributed by atoms with E-state index < -0.39 is 4.92 Å². The standard InChI is InChI=1S/C18H18N2O4S/c1-19(2)12-18(25-16-6-4-3-5-7-16)17(21)13-24-15-10-8-14(9-11-15)20(22)23/h3-12H,13H2,1-2H3/b18-12-. The quantitative estimate of drug-likeness (QED) is 0.310. The van der Waals surface area contributed by atoms with Crippen LogP contribution in [0.15, 0.2) is 70.6 Å². The van der Waals surface area contributed by atoms with E-state index in [9.17, 15) is 14.9 Å². The van der Waals surface area contributed by atoms with Crippen LogP contribution in [0.1, 0.15) is 0 Å². The van der Waals surface area contributed by atoms with Gasteiger partial charge < -0.3 is 9.64 Å². The molecule has 25 heavy (non-hydrogen) atoms. The number of hydrogen-bond donors (Lipinski definition) is 0. The van der Waals surface area contributed by atoms with Gasteiger partial charge in [0.2, 0.25) is 5.78 Å². The van der Waals surface area contributed by atoms with Crippen LogP contribution in [0.5, 0.6) is 5.75 Å². The Labute approximate surface area is 150 Å². The number of carbonyl (C=O) groups is 1. The molecule has 0 amide bonds. The number of Topliss-reactive ketones (excluding diaryl/α,β-unsaturated/α-hetero) is 1. The number of nitrogens with zero attached hydrogens (tertiary/aromatic N) is 2. The second kappa shape index (κ2) is 8.89.